The Morgan fingerprint density at radius 3 is 2.19 bits per heavy atom. The molecule has 10 heteroatoms. The van der Waals surface area contributed by atoms with E-state index in [0.717, 1.165) is 17.7 Å². The van der Waals surface area contributed by atoms with E-state index in [-0.39, 0.29) is 22.6 Å². The lowest BCUT2D eigenvalue weighted by Gasteiger charge is -2.41. The quantitative estimate of drug-likeness (QED) is 0.497. The largest absolute Gasteiger partial charge is 0.367 e. The molecule has 0 saturated carbocycles. The van der Waals surface area contributed by atoms with Crippen molar-refractivity contribution in [1.29, 1.82) is 0 Å². The number of hydrogen-bond acceptors (Lipinski definition) is 6. The maximum atomic E-state index is 13.9. The second-order valence-electron chi connectivity index (χ2n) is 10.4. The van der Waals surface area contributed by atoms with Crippen molar-refractivity contribution in [1.82, 2.24) is 4.31 Å². The minimum Gasteiger partial charge on any atom is -0.367 e. The predicted molar refractivity (Wildman–Crippen MR) is 147 cm³/mol. The summed E-state index contributed by atoms with van der Waals surface area (Å²) in [4.78, 5) is 15.2. The highest BCUT2D eigenvalue weighted by Gasteiger charge is 2.34. The summed E-state index contributed by atoms with van der Waals surface area (Å²) in [6.45, 7) is 7.76. The Morgan fingerprint density at radius 2 is 1.62 bits per heavy atom. The number of aryl methyl sites for hydroxylation is 1. The summed E-state index contributed by atoms with van der Waals surface area (Å²) in [5.74, 6) is 0.0350. The van der Waals surface area contributed by atoms with Crippen LogP contribution in [0.5, 0.6) is 0 Å². The van der Waals surface area contributed by atoms with Gasteiger partial charge in [0.2, 0.25) is 10.0 Å². The molecule has 202 valence electrons. The summed E-state index contributed by atoms with van der Waals surface area (Å²) in [7, 11) is -7.13. The second kappa shape index (κ2) is 10.7. The molecular weight excluding hydrogens is 510 g/mol. The third kappa shape index (κ3) is 5.86. The normalized spacial score (nSPS) is 17.8. The van der Waals surface area contributed by atoms with Crippen LogP contribution in [-0.2, 0) is 26.5 Å². The molecule has 0 aliphatic carbocycles. The van der Waals surface area contributed by atoms with Gasteiger partial charge >= 0.3 is 0 Å². The van der Waals surface area contributed by atoms with Crippen LogP contribution < -0.4 is 9.21 Å². The Labute approximate surface area is 221 Å². The van der Waals surface area contributed by atoms with E-state index in [2.05, 4.69) is 11.8 Å². The number of piperidine rings is 1. The van der Waals surface area contributed by atoms with Gasteiger partial charge in [-0.15, -0.1) is 0 Å². The smallest absolute Gasteiger partial charge is 0.264 e. The van der Waals surface area contributed by atoms with Gasteiger partial charge in [0, 0.05) is 49.9 Å². The summed E-state index contributed by atoms with van der Waals surface area (Å²) in [5, 5.41) is 0. The van der Waals surface area contributed by atoms with Crippen LogP contribution in [0.25, 0.3) is 0 Å². The summed E-state index contributed by atoms with van der Waals surface area (Å²) >= 11 is 0. The Balaban J connectivity index is 1.65. The van der Waals surface area contributed by atoms with E-state index in [9.17, 15) is 21.6 Å². The molecule has 8 nitrogen and oxygen atoms in total. The highest BCUT2D eigenvalue weighted by atomic mass is 32.2. The zero-order valence-electron chi connectivity index (χ0n) is 22.1. The number of sulfonamides is 2. The van der Waals surface area contributed by atoms with E-state index in [1.54, 1.807) is 12.1 Å². The molecule has 2 heterocycles. The van der Waals surface area contributed by atoms with Crippen LogP contribution >= 0.6 is 0 Å². The number of hydrogen-bond donors (Lipinski definition) is 0. The Kier molecular flexibility index (Phi) is 8.02. The molecule has 0 bridgehead atoms. The van der Waals surface area contributed by atoms with E-state index in [4.69, 9.17) is 0 Å². The Bertz CT molecular complexity index is 1350. The van der Waals surface area contributed by atoms with Crippen molar-refractivity contribution < 1.29 is 21.6 Å². The molecule has 37 heavy (non-hydrogen) atoms. The van der Waals surface area contributed by atoms with Gasteiger partial charge in [-0.05, 0) is 61.1 Å². The van der Waals surface area contributed by atoms with Crippen LogP contribution in [0.4, 0.5) is 11.4 Å². The van der Waals surface area contributed by atoms with Gasteiger partial charge < -0.3 is 4.90 Å². The Hall–Kier alpha value is -2.43. The third-order valence-corrected chi connectivity index (χ3v) is 10.3. The fraction of sp³-hybridized carbons (Fsp3) is 0.519. The number of rotatable bonds is 8. The van der Waals surface area contributed by atoms with Crippen LogP contribution in [0, 0.1) is 5.92 Å². The molecule has 2 aromatic carbocycles. The highest BCUT2D eigenvalue weighted by molar-refractivity contribution is 7.92. The zero-order valence-corrected chi connectivity index (χ0v) is 23.7. The average Bonchev–Trinajstić information content (AvgIpc) is 2.87. The first-order valence-electron chi connectivity index (χ1n) is 12.9. The van der Waals surface area contributed by atoms with Crippen LogP contribution in [0.15, 0.2) is 47.4 Å². The first-order valence-corrected chi connectivity index (χ1v) is 16.2. The van der Waals surface area contributed by atoms with Crippen molar-refractivity contribution in [2.75, 3.05) is 41.6 Å². The summed E-state index contributed by atoms with van der Waals surface area (Å²) < 4.78 is 54.5. The molecule has 1 fully saturated rings. The van der Waals surface area contributed by atoms with Gasteiger partial charge in [-0.1, -0.05) is 32.9 Å². The third-order valence-electron chi connectivity index (χ3n) is 7.24. The van der Waals surface area contributed by atoms with E-state index in [1.807, 2.05) is 38.1 Å². The SMILES string of the molecule is CCc1ccc(N(CC(C)C)S(=O)(=O)c2ccc3c(c2)C(=O)CCN3C2CCN(S(C)(=O)=O)CC2)cc1. The first-order chi connectivity index (χ1) is 17.4. The summed E-state index contributed by atoms with van der Waals surface area (Å²) in [5.41, 5.74) is 2.89. The number of nitrogens with zero attached hydrogens (tertiary/aromatic N) is 3. The zero-order chi connectivity index (χ0) is 27.0. The average molecular weight is 548 g/mol. The first kappa shape index (κ1) is 27.6. The van der Waals surface area contributed by atoms with E-state index >= 15 is 0 Å². The van der Waals surface area contributed by atoms with Crippen molar-refractivity contribution in [3.05, 3.63) is 53.6 Å². The molecule has 0 N–H and O–H groups in total. The molecule has 0 atom stereocenters. The van der Waals surface area contributed by atoms with Gasteiger partial charge in [0.05, 0.1) is 16.8 Å². The molecule has 0 unspecified atom stereocenters. The topological polar surface area (TPSA) is 95.1 Å². The molecule has 0 radical (unpaired) electrons. The fourth-order valence-electron chi connectivity index (χ4n) is 5.19. The van der Waals surface area contributed by atoms with Crippen molar-refractivity contribution in [2.45, 2.75) is 57.4 Å². The molecule has 4 rings (SSSR count). The van der Waals surface area contributed by atoms with Crippen LogP contribution in [-0.4, -0.2) is 65.4 Å². The van der Waals surface area contributed by atoms with Gasteiger partial charge in [0.15, 0.2) is 5.78 Å². The van der Waals surface area contributed by atoms with Crippen molar-refractivity contribution in [3.8, 4) is 0 Å². The van der Waals surface area contributed by atoms with Crippen molar-refractivity contribution in [2.24, 2.45) is 5.92 Å². The minimum atomic E-state index is -3.90. The van der Waals surface area contributed by atoms with E-state index < -0.39 is 20.0 Å². The molecule has 0 spiro atoms. The summed E-state index contributed by atoms with van der Waals surface area (Å²) in [6.07, 6.45) is 3.73. The van der Waals surface area contributed by atoms with E-state index in [1.165, 1.54) is 20.9 Å². The number of benzene rings is 2. The number of carbonyl (C=O) groups excluding carboxylic acids is 1. The standard InChI is InChI=1S/C27H37N3O5S2/c1-5-21-6-8-23(9-7-21)30(19-20(2)3)37(34,35)24-10-11-26-25(18-24)27(31)14-17-29(26)22-12-15-28(16-13-22)36(4,32)33/h6-11,18,20,22H,5,12-17,19H2,1-4H3. The lowest BCUT2D eigenvalue weighted by Crippen LogP contribution is -2.48. The number of anilines is 2. The molecule has 0 amide bonds. The maximum Gasteiger partial charge on any atom is 0.264 e. The Morgan fingerprint density at radius 1 is 0.973 bits per heavy atom. The predicted octanol–water partition coefficient (Wildman–Crippen LogP) is 3.92. The number of fused-ring (bicyclic) bond motifs is 1. The van der Waals surface area contributed by atoms with Crippen molar-refractivity contribution in [3.63, 3.8) is 0 Å². The number of Topliss-reactive ketones (excluding diaryl/α,β-unsaturated/α-hetero) is 1. The molecule has 1 saturated heterocycles. The molecule has 0 aromatic heterocycles. The van der Waals surface area contributed by atoms with Crippen LogP contribution in [0.2, 0.25) is 0 Å². The van der Waals surface area contributed by atoms with Gasteiger partial charge in [-0.3, -0.25) is 9.10 Å². The van der Waals surface area contributed by atoms with Gasteiger partial charge in [0.1, 0.15) is 0 Å². The molecular formula is C27H37N3O5S2. The van der Waals surface area contributed by atoms with Crippen LogP contribution in [0.3, 0.4) is 0 Å². The molecule has 2 aliphatic rings. The fourth-order valence-corrected chi connectivity index (χ4v) is 7.72. The van der Waals surface area contributed by atoms with Gasteiger partial charge in [-0.25, -0.2) is 21.1 Å². The lowest BCUT2D eigenvalue weighted by atomic mass is 9.95. The van der Waals surface area contributed by atoms with Crippen molar-refractivity contribution >= 4 is 37.2 Å². The van der Waals surface area contributed by atoms with E-state index in [0.29, 0.717) is 56.7 Å². The highest BCUT2D eigenvalue weighted by Crippen LogP contribution is 2.35. The number of carbonyl (C=O) groups is 1. The summed E-state index contributed by atoms with van der Waals surface area (Å²) in [6, 6.07) is 12.5. The van der Waals surface area contributed by atoms with Crippen LogP contribution in [0.1, 0.15) is 56.0 Å². The molecule has 2 aromatic rings. The molecule has 2 aliphatic heterocycles. The second-order valence-corrected chi connectivity index (χ2v) is 14.2. The lowest BCUT2D eigenvalue weighted by molar-refractivity contribution is 0.0977. The maximum absolute atomic E-state index is 13.9. The van der Waals surface area contributed by atoms with Gasteiger partial charge in [-0.2, -0.15) is 0 Å². The minimum absolute atomic E-state index is 0.0698. The monoisotopic (exact) mass is 547 g/mol. The number of ketones is 1. The van der Waals surface area contributed by atoms with Gasteiger partial charge in [0.25, 0.3) is 10.0 Å².